The lowest BCUT2D eigenvalue weighted by Gasteiger charge is -2.17. The minimum Gasteiger partial charge on any atom is -0.366 e. The zero-order chi connectivity index (χ0) is 19.0. The number of benzene rings is 2. The third-order valence-corrected chi connectivity index (χ3v) is 5.93. The van der Waals surface area contributed by atoms with Gasteiger partial charge in [0.1, 0.15) is 0 Å². The van der Waals surface area contributed by atoms with E-state index < -0.39 is 5.91 Å². The fraction of sp³-hybridized carbons (Fsp3) is 0.150. The SMILES string of the molecule is C/C(=C1/SC(=S)N(c2ccccc2C(N)=O)C1=O)c1ccc(C)c(C)c1. The number of rotatable bonds is 3. The van der Waals surface area contributed by atoms with Crippen LogP contribution in [0.5, 0.6) is 0 Å². The maximum atomic E-state index is 13.1. The molecule has 6 heteroatoms. The molecule has 0 aromatic heterocycles. The Kier molecular flexibility index (Phi) is 4.98. The predicted molar refractivity (Wildman–Crippen MR) is 111 cm³/mol. The molecule has 0 atom stereocenters. The summed E-state index contributed by atoms with van der Waals surface area (Å²) in [4.78, 5) is 26.7. The van der Waals surface area contributed by atoms with E-state index in [4.69, 9.17) is 18.0 Å². The molecule has 0 radical (unpaired) electrons. The minimum atomic E-state index is -0.593. The Labute approximate surface area is 162 Å². The van der Waals surface area contributed by atoms with Crippen molar-refractivity contribution in [2.75, 3.05) is 4.90 Å². The molecule has 2 aromatic rings. The van der Waals surface area contributed by atoms with Crippen molar-refractivity contribution in [3.63, 3.8) is 0 Å². The van der Waals surface area contributed by atoms with Gasteiger partial charge in [-0.15, -0.1) is 0 Å². The number of aryl methyl sites for hydroxylation is 2. The molecule has 2 aromatic carbocycles. The molecule has 1 heterocycles. The summed E-state index contributed by atoms with van der Waals surface area (Å²) in [5.41, 5.74) is 10.4. The van der Waals surface area contributed by atoms with Gasteiger partial charge in [-0.05, 0) is 55.2 Å². The summed E-state index contributed by atoms with van der Waals surface area (Å²) in [6.45, 7) is 6.01. The average Bonchev–Trinajstić information content (AvgIpc) is 2.91. The van der Waals surface area contributed by atoms with Crippen molar-refractivity contribution < 1.29 is 9.59 Å². The standard InChI is InChI=1S/C20H18N2O2S2/c1-11-8-9-14(10-12(11)2)13(3)17-19(24)22(20(25)26-17)16-7-5-4-6-15(16)18(21)23/h4-10H,1-3H3,(H2,21,23)/b17-13-. The largest absolute Gasteiger partial charge is 0.366 e. The van der Waals surface area contributed by atoms with Gasteiger partial charge >= 0.3 is 0 Å². The van der Waals surface area contributed by atoms with Gasteiger partial charge in [-0.25, -0.2) is 0 Å². The average molecular weight is 383 g/mol. The Bertz CT molecular complexity index is 980. The number of nitrogens with two attached hydrogens (primary N) is 1. The summed E-state index contributed by atoms with van der Waals surface area (Å²) in [5.74, 6) is -0.825. The summed E-state index contributed by atoms with van der Waals surface area (Å²) in [6, 6.07) is 12.8. The highest BCUT2D eigenvalue weighted by Crippen LogP contribution is 2.40. The number of amides is 2. The first-order valence-corrected chi connectivity index (χ1v) is 9.27. The van der Waals surface area contributed by atoms with Crippen molar-refractivity contribution in [1.82, 2.24) is 0 Å². The Balaban J connectivity index is 2.07. The molecule has 3 rings (SSSR count). The molecular weight excluding hydrogens is 364 g/mol. The Morgan fingerprint density at radius 3 is 2.46 bits per heavy atom. The van der Waals surface area contributed by atoms with E-state index in [1.165, 1.54) is 22.2 Å². The van der Waals surface area contributed by atoms with Crippen LogP contribution in [0.1, 0.15) is 34.0 Å². The van der Waals surface area contributed by atoms with Crippen molar-refractivity contribution in [1.29, 1.82) is 0 Å². The normalized spacial score (nSPS) is 16.2. The molecule has 132 valence electrons. The second-order valence-electron chi connectivity index (χ2n) is 6.14. The number of primary amides is 1. The maximum absolute atomic E-state index is 13.1. The van der Waals surface area contributed by atoms with E-state index in [1.807, 2.05) is 26.0 Å². The lowest BCUT2D eigenvalue weighted by molar-refractivity contribution is -0.113. The van der Waals surface area contributed by atoms with Crippen LogP contribution in [-0.2, 0) is 4.79 Å². The predicted octanol–water partition coefficient (Wildman–Crippen LogP) is 4.20. The summed E-state index contributed by atoms with van der Waals surface area (Å²) >= 11 is 6.67. The number of para-hydroxylation sites is 1. The quantitative estimate of drug-likeness (QED) is 0.638. The highest BCUT2D eigenvalue weighted by Gasteiger charge is 2.36. The molecule has 0 saturated carbocycles. The number of thiocarbonyl (C=S) groups is 1. The molecule has 26 heavy (non-hydrogen) atoms. The lowest BCUT2D eigenvalue weighted by Crippen LogP contribution is -2.30. The van der Waals surface area contributed by atoms with Gasteiger partial charge in [-0.1, -0.05) is 54.3 Å². The zero-order valence-electron chi connectivity index (χ0n) is 14.7. The first kappa shape index (κ1) is 18.4. The van der Waals surface area contributed by atoms with Gasteiger partial charge in [0, 0.05) is 0 Å². The number of hydrogen-bond acceptors (Lipinski definition) is 4. The summed E-state index contributed by atoms with van der Waals surface area (Å²) in [6.07, 6.45) is 0. The first-order chi connectivity index (χ1) is 12.3. The van der Waals surface area contributed by atoms with Crippen LogP contribution in [-0.4, -0.2) is 16.1 Å². The highest BCUT2D eigenvalue weighted by molar-refractivity contribution is 8.27. The zero-order valence-corrected chi connectivity index (χ0v) is 16.3. The van der Waals surface area contributed by atoms with Crippen molar-refractivity contribution in [3.8, 4) is 0 Å². The first-order valence-electron chi connectivity index (χ1n) is 8.05. The van der Waals surface area contributed by atoms with Crippen LogP contribution in [0.4, 0.5) is 5.69 Å². The number of nitrogens with zero attached hydrogens (tertiary/aromatic N) is 1. The fourth-order valence-corrected chi connectivity index (χ4v) is 4.12. The lowest BCUT2D eigenvalue weighted by atomic mass is 10.0. The van der Waals surface area contributed by atoms with E-state index in [1.54, 1.807) is 24.3 Å². The number of carbonyl (C=O) groups excluding carboxylic acids is 2. The molecule has 1 saturated heterocycles. The Morgan fingerprint density at radius 2 is 1.81 bits per heavy atom. The number of carbonyl (C=O) groups is 2. The third kappa shape index (κ3) is 3.18. The summed E-state index contributed by atoms with van der Waals surface area (Å²) in [5, 5.41) is 0. The van der Waals surface area contributed by atoms with Gasteiger partial charge in [0.05, 0.1) is 16.2 Å². The Hall–Kier alpha value is -2.44. The fourth-order valence-electron chi connectivity index (χ4n) is 2.79. The van der Waals surface area contributed by atoms with Gasteiger partial charge in [0.25, 0.3) is 11.8 Å². The molecule has 1 fully saturated rings. The van der Waals surface area contributed by atoms with E-state index in [9.17, 15) is 9.59 Å². The second-order valence-corrected chi connectivity index (χ2v) is 7.79. The van der Waals surface area contributed by atoms with Crippen LogP contribution < -0.4 is 10.6 Å². The van der Waals surface area contributed by atoms with E-state index in [2.05, 4.69) is 13.0 Å². The molecule has 1 aliphatic heterocycles. The van der Waals surface area contributed by atoms with E-state index in [0.717, 1.165) is 16.7 Å². The highest BCUT2D eigenvalue weighted by atomic mass is 32.2. The van der Waals surface area contributed by atoms with Crippen LogP contribution in [0.15, 0.2) is 47.4 Å². The van der Waals surface area contributed by atoms with Crippen molar-refractivity contribution in [2.24, 2.45) is 5.73 Å². The van der Waals surface area contributed by atoms with E-state index in [-0.39, 0.29) is 11.5 Å². The topological polar surface area (TPSA) is 63.4 Å². The number of allylic oxidation sites excluding steroid dienone is 1. The van der Waals surface area contributed by atoms with Crippen LogP contribution in [0.25, 0.3) is 5.57 Å². The smallest absolute Gasteiger partial charge is 0.271 e. The van der Waals surface area contributed by atoms with Gasteiger partial charge in [0.15, 0.2) is 4.32 Å². The molecule has 2 amide bonds. The minimum absolute atomic E-state index is 0.232. The monoisotopic (exact) mass is 382 g/mol. The molecular formula is C20H18N2O2S2. The molecule has 1 aliphatic rings. The third-order valence-electron chi connectivity index (χ3n) is 4.46. The molecule has 0 bridgehead atoms. The molecule has 0 unspecified atom stereocenters. The molecule has 0 spiro atoms. The van der Waals surface area contributed by atoms with Crippen molar-refractivity contribution in [3.05, 3.63) is 69.6 Å². The van der Waals surface area contributed by atoms with Crippen molar-refractivity contribution in [2.45, 2.75) is 20.8 Å². The summed E-state index contributed by atoms with van der Waals surface area (Å²) in [7, 11) is 0. The number of thioether (sulfide) groups is 1. The molecule has 4 nitrogen and oxygen atoms in total. The molecule has 0 aliphatic carbocycles. The van der Waals surface area contributed by atoms with Gasteiger partial charge in [-0.3, -0.25) is 14.5 Å². The van der Waals surface area contributed by atoms with Crippen molar-refractivity contribution >= 4 is 51.4 Å². The van der Waals surface area contributed by atoms with Crippen LogP contribution >= 0.6 is 24.0 Å². The Morgan fingerprint density at radius 1 is 1.12 bits per heavy atom. The number of hydrogen-bond donors (Lipinski definition) is 1. The van der Waals surface area contributed by atoms with Gasteiger partial charge < -0.3 is 5.73 Å². The van der Waals surface area contributed by atoms with Crippen LogP contribution in [0.3, 0.4) is 0 Å². The number of anilines is 1. The van der Waals surface area contributed by atoms with Crippen LogP contribution in [0.2, 0.25) is 0 Å². The van der Waals surface area contributed by atoms with Gasteiger partial charge in [0.2, 0.25) is 0 Å². The summed E-state index contributed by atoms with van der Waals surface area (Å²) < 4.78 is 0.391. The van der Waals surface area contributed by atoms with Gasteiger partial charge in [-0.2, -0.15) is 0 Å². The maximum Gasteiger partial charge on any atom is 0.271 e. The van der Waals surface area contributed by atoms with E-state index in [0.29, 0.717) is 14.9 Å². The molecule has 2 N–H and O–H groups in total. The van der Waals surface area contributed by atoms with Crippen LogP contribution in [0, 0.1) is 13.8 Å². The second kappa shape index (κ2) is 7.05. The van der Waals surface area contributed by atoms with E-state index >= 15 is 0 Å².